The van der Waals surface area contributed by atoms with Crippen molar-refractivity contribution in [1.29, 1.82) is 0 Å². The molecule has 3 rings (SSSR count). The van der Waals surface area contributed by atoms with Gasteiger partial charge in [0.15, 0.2) is 0 Å². The summed E-state index contributed by atoms with van der Waals surface area (Å²) in [5, 5.41) is 0. The first kappa shape index (κ1) is 12.6. The Morgan fingerprint density at radius 1 is 1.25 bits per heavy atom. The second kappa shape index (κ2) is 4.92. The fraction of sp³-hybridized carbons (Fsp3) is 0.267. The van der Waals surface area contributed by atoms with Crippen molar-refractivity contribution in [3.63, 3.8) is 0 Å². The molecule has 0 saturated heterocycles. The van der Waals surface area contributed by atoms with E-state index in [0.29, 0.717) is 6.42 Å². The highest BCUT2D eigenvalue weighted by atomic mass is 16.1. The number of fused-ring (bicyclic) bond motifs is 1. The van der Waals surface area contributed by atoms with E-state index in [1.807, 2.05) is 19.3 Å². The fourth-order valence-corrected chi connectivity index (χ4v) is 2.33. The number of aromatic nitrogens is 4. The zero-order valence-corrected chi connectivity index (χ0v) is 11.6. The Morgan fingerprint density at radius 2 is 2.10 bits per heavy atom. The summed E-state index contributed by atoms with van der Waals surface area (Å²) in [5.74, 6) is 0.720. The quantitative estimate of drug-likeness (QED) is 0.788. The predicted octanol–water partition coefficient (Wildman–Crippen LogP) is 1.82. The van der Waals surface area contributed by atoms with Gasteiger partial charge in [-0.1, -0.05) is 0 Å². The largest absolute Gasteiger partial charge is 0.311 e. The van der Waals surface area contributed by atoms with Crippen molar-refractivity contribution in [2.24, 2.45) is 0 Å². The molecule has 0 aliphatic carbocycles. The van der Waals surface area contributed by atoms with Crippen LogP contribution in [0.5, 0.6) is 0 Å². The second-order valence-corrected chi connectivity index (χ2v) is 5.02. The Balaban J connectivity index is 1.85. The second-order valence-electron chi connectivity index (χ2n) is 5.02. The van der Waals surface area contributed by atoms with E-state index in [1.165, 1.54) is 11.6 Å². The van der Waals surface area contributed by atoms with Gasteiger partial charge in [-0.15, -0.1) is 0 Å². The number of aryl methyl sites for hydroxylation is 4. The van der Waals surface area contributed by atoms with Crippen molar-refractivity contribution in [3.05, 3.63) is 63.7 Å². The monoisotopic (exact) mass is 268 g/mol. The third-order valence-corrected chi connectivity index (χ3v) is 3.28. The summed E-state index contributed by atoms with van der Waals surface area (Å²) < 4.78 is 2.07. The van der Waals surface area contributed by atoms with Gasteiger partial charge in [-0.3, -0.25) is 4.79 Å². The number of H-pyrrole nitrogens is 1. The molecule has 0 saturated carbocycles. The molecular formula is C15H16N4O. The number of imidazole rings is 1. The third-order valence-electron chi connectivity index (χ3n) is 3.28. The van der Waals surface area contributed by atoms with E-state index in [9.17, 15) is 4.79 Å². The lowest BCUT2D eigenvalue weighted by Crippen LogP contribution is -2.12. The van der Waals surface area contributed by atoms with Gasteiger partial charge < -0.3 is 9.38 Å². The standard InChI is InChI=1S/C15H16N4O/c1-10-5-6-19-12(9-16-14(19)7-10)3-4-13-17-11(2)8-15(20)18-13/h5-9H,3-4H2,1-2H3,(H,17,18,20). The van der Waals surface area contributed by atoms with E-state index in [0.717, 1.165) is 29.3 Å². The summed E-state index contributed by atoms with van der Waals surface area (Å²) in [4.78, 5) is 22.9. The molecule has 5 nitrogen and oxygen atoms in total. The average Bonchev–Trinajstić information content (AvgIpc) is 2.77. The molecule has 20 heavy (non-hydrogen) atoms. The third kappa shape index (κ3) is 2.47. The molecule has 3 aromatic heterocycles. The molecule has 0 aliphatic heterocycles. The highest BCUT2D eigenvalue weighted by Crippen LogP contribution is 2.10. The van der Waals surface area contributed by atoms with Gasteiger partial charge in [-0.25, -0.2) is 9.97 Å². The molecule has 0 amide bonds. The van der Waals surface area contributed by atoms with Gasteiger partial charge in [0.05, 0.1) is 0 Å². The lowest BCUT2D eigenvalue weighted by Gasteiger charge is -2.03. The predicted molar refractivity (Wildman–Crippen MR) is 76.9 cm³/mol. The smallest absolute Gasteiger partial charge is 0.251 e. The van der Waals surface area contributed by atoms with Crippen LogP contribution in [0.3, 0.4) is 0 Å². The minimum atomic E-state index is -0.0960. The molecule has 3 aromatic rings. The maximum atomic E-state index is 11.4. The van der Waals surface area contributed by atoms with Gasteiger partial charge in [0.2, 0.25) is 0 Å². The molecule has 3 heterocycles. The minimum Gasteiger partial charge on any atom is -0.311 e. The van der Waals surface area contributed by atoms with Crippen LogP contribution in [-0.2, 0) is 12.8 Å². The number of pyridine rings is 1. The van der Waals surface area contributed by atoms with Gasteiger partial charge in [0.1, 0.15) is 11.5 Å². The zero-order chi connectivity index (χ0) is 14.1. The van der Waals surface area contributed by atoms with Crippen LogP contribution in [-0.4, -0.2) is 19.4 Å². The van der Waals surface area contributed by atoms with Crippen LogP contribution >= 0.6 is 0 Å². The van der Waals surface area contributed by atoms with E-state index in [2.05, 4.69) is 38.4 Å². The molecule has 0 atom stereocenters. The first-order chi connectivity index (χ1) is 9.61. The Hall–Kier alpha value is -2.43. The van der Waals surface area contributed by atoms with Crippen LogP contribution in [0, 0.1) is 13.8 Å². The molecule has 0 spiro atoms. The molecule has 0 unspecified atom stereocenters. The van der Waals surface area contributed by atoms with Crippen molar-refractivity contribution in [2.45, 2.75) is 26.7 Å². The highest BCUT2D eigenvalue weighted by molar-refractivity contribution is 5.43. The van der Waals surface area contributed by atoms with Crippen molar-refractivity contribution >= 4 is 5.65 Å². The summed E-state index contributed by atoms with van der Waals surface area (Å²) in [5.41, 5.74) is 3.91. The zero-order valence-electron chi connectivity index (χ0n) is 11.6. The first-order valence-corrected chi connectivity index (χ1v) is 6.61. The summed E-state index contributed by atoms with van der Waals surface area (Å²) in [7, 11) is 0. The number of nitrogens with zero attached hydrogens (tertiary/aromatic N) is 3. The van der Waals surface area contributed by atoms with E-state index in [4.69, 9.17) is 0 Å². The fourth-order valence-electron chi connectivity index (χ4n) is 2.33. The number of hydrogen-bond donors (Lipinski definition) is 1. The van der Waals surface area contributed by atoms with Crippen LogP contribution in [0.4, 0.5) is 0 Å². The van der Waals surface area contributed by atoms with E-state index in [1.54, 1.807) is 0 Å². The summed E-state index contributed by atoms with van der Waals surface area (Å²) in [6.45, 7) is 3.88. The van der Waals surface area contributed by atoms with Gasteiger partial charge in [-0.05, 0) is 38.0 Å². The van der Waals surface area contributed by atoms with Gasteiger partial charge in [0.25, 0.3) is 5.56 Å². The molecule has 0 aromatic carbocycles. The number of aromatic amines is 1. The Bertz CT molecular complexity index is 816. The van der Waals surface area contributed by atoms with Crippen LogP contribution in [0.25, 0.3) is 5.65 Å². The molecular weight excluding hydrogens is 252 g/mol. The summed E-state index contributed by atoms with van der Waals surface area (Å²) in [6, 6.07) is 5.61. The van der Waals surface area contributed by atoms with Gasteiger partial charge in [-0.2, -0.15) is 0 Å². The first-order valence-electron chi connectivity index (χ1n) is 6.61. The van der Waals surface area contributed by atoms with E-state index < -0.39 is 0 Å². The van der Waals surface area contributed by atoms with E-state index in [-0.39, 0.29) is 5.56 Å². The van der Waals surface area contributed by atoms with Crippen molar-refractivity contribution < 1.29 is 0 Å². The molecule has 5 heteroatoms. The number of rotatable bonds is 3. The molecule has 1 N–H and O–H groups in total. The van der Waals surface area contributed by atoms with Crippen LogP contribution in [0.15, 0.2) is 35.4 Å². The maximum absolute atomic E-state index is 11.4. The van der Waals surface area contributed by atoms with Crippen LogP contribution in [0.1, 0.15) is 22.8 Å². The number of hydrogen-bond acceptors (Lipinski definition) is 3. The molecule has 0 fully saturated rings. The minimum absolute atomic E-state index is 0.0960. The van der Waals surface area contributed by atoms with Crippen molar-refractivity contribution in [3.8, 4) is 0 Å². The molecule has 102 valence electrons. The number of nitrogens with one attached hydrogen (secondary N) is 1. The van der Waals surface area contributed by atoms with Gasteiger partial charge >= 0.3 is 0 Å². The lowest BCUT2D eigenvalue weighted by atomic mass is 10.2. The average molecular weight is 268 g/mol. The SMILES string of the molecule is Cc1ccn2c(CCc3nc(C)cc(=O)[nH]3)cnc2c1. The van der Waals surface area contributed by atoms with E-state index >= 15 is 0 Å². The molecule has 0 aliphatic rings. The van der Waals surface area contributed by atoms with Crippen LogP contribution < -0.4 is 5.56 Å². The highest BCUT2D eigenvalue weighted by Gasteiger charge is 2.05. The van der Waals surface area contributed by atoms with Crippen LogP contribution in [0.2, 0.25) is 0 Å². The molecule has 0 radical (unpaired) electrons. The topological polar surface area (TPSA) is 63.1 Å². The molecule has 0 bridgehead atoms. The lowest BCUT2D eigenvalue weighted by molar-refractivity contribution is 0.810. The van der Waals surface area contributed by atoms with Crippen molar-refractivity contribution in [2.75, 3.05) is 0 Å². The normalized spacial score (nSPS) is 11.1. The Morgan fingerprint density at radius 3 is 2.90 bits per heavy atom. The van der Waals surface area contributed by atoms with Crippen molar-refractivity contribution in [1.82, 2.24) is 19.4 Å². The summed E-state index contributed by atoms with van der Waals surface area (Å²) in [6.07, 6.45) is 5.39. The summed E-state index contributed by atoms with van der Waals surface area (Å²) >= 11 is 0. The van der Waals surface area contributed by atoms with Gasteiger partial charge in [0, 0.05) is 36.3 Å². The maximum Gasteiger partial charge on any atom is 0.251 e. The Kier molecular flexibility index (Phi) is 3.10. The Labute approximate surface area is 116 Å².